The largest absolute Gasteiger partial charge is 0.496 e. The highest BCUT2D eigenvalue weighted by Gasteiger charge is 2.05. The highest BCUT2D eigenvalue weighted by Crippen LogP contribution is 2.31. The van der Waals surface area contributed by atoms with Crippen LogP contribution in [0.1, 0.15) is 0 Å². The zero-order chi connectivity index (χ0) is 10.7. The van der Waals surface area contributed by atoms with Gasteiger partial charge in [0.05, 0.1) is 7.11 Å². The Morgan fingerprint density at radius 3 is 2.80 bits per heavy atom. The zero-order valence-corrected chi connectivity index (χ0v) is 9.86. The van der Waals surface area contributed by atoms with Gasteiger partial charge in [-0.05, 0) is 24.3 Å². The lowest BCUT2D eigenvalue weighted by atomic mass is 10.1. The molecule has 1 aromatic heterocycles. The van der Waals surface area contributed by atoms with Gasteiger partial charge in [-0.15, -0.1) is 0 Å². The standard InChI is InChI=1S/C12H10BrNO/c1-15-12-7-10(13)4-5-11(12)9-3-2-6-14-8-9/h2-8H,1H3. The fourth-order valence-corrected chi connectivity index (χ4v) is 1.77. The first-order valence-corrected chi connectivity index (χ1v) is 5.34. The summed E-state index contributed by atoms with van der Waals surface area (Å²) >= 11 is 3.41. The Hall–Kier alpha value is -1.35. The van der Waals surface area contributed by atoms with Crippen LogP contribution >= 0.6 is 15.9 Å². The van der Waals surface area contributed by atoms with Crippen molar-refractivity contribution in [2.24, 2.45) is 0 Å². The topological polar surface area (TPSA) is 22.1 Å². The zero-order valence-electron chi connectivity index (χ0n) is 8.27. The molecular weight excluding hydrogens is 254 g/mol. The van der Waals surface area contributed by atoms with Crippen LogP contribution in [0.3, 0.4) is 0 Å². The molecule has 0 saturated heterocycles. The Balaban J connectivity index is 2.53. The van der Waals surface area contributed by atoms with Crippen LogP contribution < -0.4 is 4.74 Å². The van der Waals surface area contributed by atoms with Gasteiger partial charge in [0.15, 0.2) is 0 Å². The average Bonchev–Trinajstić information content (AvgIpc) is 2.30. The van der Waals surface area contributed by atoms with E-state index in [1.165, 1.54) is 0 Å². The lowest BCUT2D eigenvalue weighted by Crippen LogP contribution is -1.88. The summed E-state index contributed by atoms with van der Waals surface area (Å²) in [6.45, 7) is 0. The van der Waals surface area contributed by atoms with Gasteiger partial charge in [0.2, 0.25) is 0 Å². The molecule has 0 radical (unpaired) electrons. The number of aromatic nitrogens is 1. The van der Waals surface area contributed by atoms with Crippen LogP contribution in [0.5, 0.6) is 5.75 Å². The molecule has 0 atom stereocenters. The molecule has 1 aromatic carbocycles. The van der Waals surface area contributed by atoms with Gasteiger partial charge in [0.25, 0.3) is 0 Å². The van der Waals surface area contributed by atoms with E-state index < -0.39 is 0 Å². The molecule has 0 aliphatic rings. The minimum Gasteiger partial charge on any atom is -0.496 e. The van der Waals surface area contributed by atoms with Gasteiger partial charge in [-0.1, -0.05) is 22.0 Å². The fraction of sp³-hybridized carbons (Fsp3) is 0.0833. The molecule has 15 heavy (non-hydrogen) atoms. The second-order valence-corrected chi connectivity index (χ2v) is 4.00. The van der Waals surface area contributed by atoms with Crippen LogP contribution in [0, 0.1) is 0 Å². The van der Waals surface area contributed by atoms with Crippen molar-refractivity contribution < 1.29 is 4.74 Å². The molecule has 0 bridgehead atoms. The Morgan fingerprint density at radius 2 is 2.13 bits per heavy atom. The maximum Gasteiger partial charge on any atom is 0.127 e. The van der Waals surface area contributed by atoms with Gasteiger partial charge in [0, 0.05) is 28.0 Å². The van der Waals surface area contributed by atoms with Crippen molar-refractivity contribution in [3.8, 4) is 16.9 Å². The summed E-state index contributed by atoms with van der Waals surface area (Å²) in [5.74, 6) is 0.845. The van der Waals surface area contributed by atoms with Gasteiger partial charge < -0.3 is 4.74 Å². The van der Waals surface area contributed by atoms with Crippen molar-refractivity contribution in [2.45, 2.75) is 0 Å². The minimum absolute atomic E-state index is 0.845. The summed E-state index contributed by atoms with van der Waals surface area (Å²) in [5, 5.41) is 0. The van der Waals surface area contributed by atoms with Gasteiger partial charge in [0.1, 0.15) is 5.75 Å². The lowest BCUT2D eigenvalue weighted by molar-refractivity contribution is 0.416. The lowest BCUT2D eigenvalue weighted by Gasteiger charge is -2.08. The molecule has 0 spiro atoms. The molecule has 0 aliphatic heterocycles. The maximum atomic E-state index is 5.32. The number of halogens is 1. The van der Waals surface area contributed by atoms with Crippen LogP contribution in [0.15, 0.2) is 47.2 Å². The first-order chi connectivity index (χ1) is 7.31. The van der Waals surface area contributed by atoms with E-state index in [2.05, 4.69) is 20.9 Å². The van der Waals surface area contributed by atoms with Crippen molar-refractivity contribution in [1.29, 1.82) is 0 Å². The molecular formula is C12H10BrNO. The number of methoxy groups -OCH3 is 1. The predicted molar refractivity (Wildman–Crippen MR) is 63.9 cm³/mol. The van der Waals surface area contributed by atoms with E-state index in [0.29, 0.717) is 0 Å². The number of hydrogen-bond donors (Lipinski definition) is 0. The third kappa shape index (κ3) is 2.18. The van der Waals surface area contributed by atoms with Crippen LogP contribution in [-0.4, -0.2) is 12.1 Å². The normalized spacial score (nSPS) is 10.0. The van der Waals surface area contributed by atoms with E-state index in [1.54, 1.807) is 13.3 Å². The van der Waals surface area contributed by atoms with E-state index >= 15 is 0 Å². The molecule has 0 saturated carbocycles. The Kier molecular flexibility index (Phi) is 3.02. The number of nitrogens with zero attached hydrogens (tertiary/aromatic N) is 1. The van der Waals surface area contributed by atoms with E-state index in [0.717, 1.165) is 21.3 Å². The Bertz CT molecular complexity index is 456. The van der Waals surface area contributed by atoms with E-state index in [4.69, 9.17) is 4.74 Å². The molecule has 2 nitrogen and oxygen atoms in total. The SMILES string of the molecule is COc1cc(Br)ccc1-c1cccnc1. The summed E-state index contributed by atoms with van der Waals surface area (Å²) in [6.07, 6.45) is 3.58. The fourth-order valence-electron chi connectivity index (χ4n) is 1.43. The molecule has 3 heteroatoms. The van der Waals surface area contributed by atoms with E-state index in [1.807, 2.05) is 36.5 Å². The van der Waals surface area contributed by atoms with Gasteiger partial charge in [-0.25, -0.2) is 0 Å². The van der Waals surface area contributed by atoms with Crippen molar-refractivity contribution in [3.63, 3.8) is 0 Å². The van der Waals surface area contributed by atoms with Crippen molar-refractivity contribution in [2.75, 3.05) is 7.11 Å². The highest BCUT2D eigenvalue weighted by atomic mass is 79.9. The van der Waals surface area contributed by atoms with Crippen LogP contribution in [0.25, 0.3) is 11.1 Å². The van der Waals surface area contributed by atoms with Crippen LogP contribution in [0.4, 0.5) is 0 Å². The average molecular weight is 264 g/mol. The Labute approximate surface area is 97.1 Å². The van der Waals surface area contributed by atoms with Gasteiger partial charge in [-0.3, -0.25) is 4.98 Å². The second kappa shape index (κ2) is 4.45. The number of benzene rings is 1. The molecule has 1 heterocycles. The van der Waals surface area contributed by atoms with Crippen molar-refractivity contribution >= 4 is 15.9 Å². The molecule has 2 rings (SSSR count). The summed E-state index contributed by atoms with van der Waals surface area (Å²) in [4.78, 5) is 4.09. The third-order valence-corrected chi connectivity index (χ3v) is 2.63. The summed E-state index contributed by atoms with van der Waals surface area (Å²) < 4.78 is 6.33. The maximum absolute atomic E-state index is 5.32. The number of hydrogen-bond acceptors (Lipinski definition) is 2. The van der Waals surface area contributed by atoms with E-state index in [-0.39, 0.29) is 0 Å². The summed E-state index contributed by atoms with van der Waals surface area (Å²) in [5.41, 5.74) is 2.11. The molecule has 0 fully saturated rings. The third-order valence-electron chi connectivity index (χ3n) is 2.14. The monoisotopic (exact) mass is 263 g/mol. The molecule has 0 N–H and O–H groups in total. The highest BCUT2D eigenvalue weighted by molar-refractivity contribution is 9.10. The number of pyridine rings is 1. The van der Waals surface area contributed by atoms with Gasteiger partial charge in [-0.2, -0.15) is 0 Å². The second-order valence-electron chi connectivity index (χ2n) is 3.09. The Morgan fingerprint density at radius 1 is 1.27 bits per heavy atom. The number of rotatable bonds is 2. The summed E-state index contributed by atoms with van der Waals surface area (Å²) in [7, 11) is 1.67. The predicted octanol–water partition coefficient (Wildman–Crippen LogP) is 3.52. The molecule has 0 unspecified atom stereocenters. The molecule has 0 aliphatic carbocycles. The van der Waals surface area contributed by atoms with Crippen molar-refractivity contribution in [3.05, 3.63) is 47.2 Å². The van der Waals surface area contributed by atoms with Crippen molar-refractivity contribution in [1.82, 2.24) is 4.98 Å². The van der Waals surface area contributed by atoms with E-state index in [9.17, 15) is 0 Å². The molecule has 0 amide bonds. The quantitative estimate of drug-likeness (QED) is 0.827. The van der Waals surface area contributed by atoms with Crippen LogP contribution in [-0.2, 0) is 0 Å². The first-order valence-electron chi connectivity index (χ1n) is 4.55. The summed E-state index contributed by atoms with van der Waals surface area (Å²) in [6, 6.07) is 9.88. The van der Waals surface area contributed by atoms with Crippen LogP contribution in [0.2, 0.25) is 0 Å². The first kappa shape index (κ1) is 10.2. The minimum atomic E-state index is 0.845. The smallest absolute Gasteiger partial charge is 0.127 e. The van der Waals surface area contributed by atoms with Gasteiger partial charge >= 0.3 is 0 Å². The molecule has 76 valence electrons. The number of ether oxygens (including phenoxy) is 1. The molecule has 2 aromatic rings.